The zero-order valence-corrected chi connectivity index (χ0v) is 16.6. The summed E-state index contributed by atoms with van der Waals surface area (Å²) in [6, 6.07) is 18.9. The molecule has 29 heavy (non-hydrogen) atoms. The molecular formula is C23H19NO4S. The molecule has 5 nitrogen and oxygen atoms in total. The molecule has 0 unspecified atom stereocenters. The number of thioether (sulfide) groups is 1. The maximum atomic E-state index is 13.2. The SMILES string of the molecule is CC(=O)N1[C@H](C(=O)OC2c3ccccc3-c3ccccc32)CS[C@H]1c1ccco1. The predicted molar refractivity (Wildman–Crippen MR) is 110 cm³/mol. The molecule has 5 rings (SSSR count). The fourth-order valence-electron chi connectivity index (χ4n) is 4.15. The fourth-order valence-corrected chi connectivity index (χ4v) is 5.57. The van der Waals surface area contributed by atoms with E-state index in [1.165, 1.54) is 18.7 Å². The normalized spacial score (nSPS) is 20.4. The van der Waals surface area contributed by atoms with Crippen LogP contribution in [0.25, 0.3) is 11.1 Å². The number of benzene rings is 2. The number of carbonyl (C=O) groups is 2. The van der Waals surface area contributed by atoms with E-state index >= 15 is 0 Å². The molecule has 1 aliphatic carbocycles. The van der Waals surface area contributed by atoms with Gasteiger partial charge < -0.3 is 14.1 Å². The van der Waals surface area contributed by atoms with E-state index < -0.39 is 18.1 Å². The fraction of sp³-hybridized carbons (Fsp3) is 0.217. The Bertz CT molecular complexity index is 1030. The Balaban J connectivity index is 1.44. The van der Waals surface area contributed by atoms with E-state index in [9.17, 15) is 9.59 Å². The zero-order chi connectivity index (χ0) is 20.0. The smallest absolute Gasteiger partial charge is 0.330 e. The van der Waals surface area contributed by atoms with E-state index in [4.69, 9.17) is 9.15 Å². The van der Waals surface area contributed by atoms with E-state index in [2.05, 4.69) is 0 Å². The van der Waals surface area contributed by atoms with Crippen molar-refractivity contribution < 1.29 is 18.7 Å². The molecule has 0 N–H and O–H groups in total. The Hall–Kier alpha value is -2.99. The van der Waals surface area contributed by atoms with Crippen LogP contribution in [0.5, 0.6) is 0 Å². The van der Waals surface area contributed by atoms with Crippen molar-refractivity contribution in [1.82, 2.24) is 4.90 Å². The molecule has 1 amide bonds. The first-order valence-corrected chi connectivity index (χ1v) is 10.5. The van der Waals surface area contributed by atoms with Crippen molar-refractivity contribution >= 4 is 23.6 Å². The van der Waals surface area contributed by atoms with Crippen LogP contribution >= 0.6 is 11.8 Å². The lowest BCUT2D eigenvalue weighted by atomic mass is 10.1. The van der Waals surface area contributed by atoms with E-state index in [1.807, 2.05) is 54.6 Å². The highest BCUT2D eigenvalue weighted by Crippen LogP contribution is 2.47. The average molecular weight is 405 g/mol. The standard InChI is InChI=1S/C23H19NO4S/c1-14(25)24-19(13-29-22(24)20-11-6-12-27-20)23(26)28-21-17-9-4-2-7-15(17)16-8-3-5-10-18(16)21/h2-12,19,21-22H,13H2,1H3/t19-,22-/m0/s1. The number of hydrogen-bond acceptors (Lipinski definition) is 5. The van der Waals surface area contributed by atoms with Crippen molar-refractivity contribution in [3.05, 3.63) is 83.8 Å². The molecule has 1 saturated heterocycles. The Kier molecular flexibility index (Phi) is 4.43. The maximum absolute atomic E-state index is 13.2. The second-order valence-corrected chi connectivity index (χ2v) is 8.25. The van der Waals surface area contributed by atoms with Gasteiger partial charge in [-0.3, -0.25) is 4.79 Å². The van der Waals surface area contributed by atoms with Crippen molar-refractivity contribution in [2.45, 2.75) is 24.4 Å². The molecule has 2 heterocycles. The van der Waals surface area contributed by atoms with Crippen molar-refractivity contribution in [3.8, 4) is 11.1 Å². The molecule has 3 aromatic rings. The summed E-state index contributed by atoms with van der Waals surface area (Å²) in [5, 5.41) is -0.316. The molecule has 0 saturated carbocycles. The van der Waals surface area contributed by atoms with Crippen molar-refractivity contribution in [1.29, 1.82) is 0 Å². The van der Waals surface area contributed by atoms with Crippen molar-refractivity contribution in [3.63, 3.8) is 0 Å². The van der Waals surface area contributed by atoms with E-state index in [1.54, 1.807) is 17.2 Å². The van der Waals surface area contributed by atoms with E-state index in [-0.39, 0.29) is 11.3 Å². The van der Waals surface area contributed by atoms with Crippen LogP contribution in [-0.2, 0) is 14.3 Å². The topological polar surface area (TPSA) is 59.8 Å². The minimum absolute atomic E-state index is 0.175. The molecule has 1 aromatic heterocycles. The molecule has 2 aromatic carbocycles. The van der Waals surface area contributed by atoms with E-state index in [0.29, 0.717) is 11.5 Å². The Morgan fingerprint density at radius 2 is 1.66 bits per heavy atom. The number of ether oxygens (including phenoxy) is 1. The maximum Gasteiger partial charge on any atom is 0.330 e. The highest BCUT2D eigenvalue weighted by Gasteiger charge is 2.44. The van der Waals surface area contributed by atoms with Crippen molar-refractivity contribution in [2.24, 2.45) is 0 Å². The van der Waals surface area contributed by atoms with Crippen LogP contribution in [0.4, 0.5) is 0 Å². The van der Waals surface area contributed by atoms with Crippen molar-refractivity contribution in [2.75, 3.05) is 5.75 Å². The molecule has 0 spiro atoms. The number of fused-ring (bicyclic) bond motifs is 3. The van der Waals surface area contributed by atoms with E-state index in [0.717, 1.165) is 22.3 Å². The van der Waals surface area contributed by atoms with Gasteiger partial charge in [0.05, 0.1) is 6.26 Å². The molecule has 2 atom stereocenters. The third-order valence-corrected chi connectivity index (χ3v) is 6.72. The van der Waals surface area contributed by atoms with Gasteiger partial charge in [-0.1, -0.05) is 48.5 Å². The van der Waals surface area contributed by atoms with Gasteiger partial charge >= 0.3 is 5.97 Å². The van der Waals surface area contributed by atoms with Crippen LogP contribution in [-0.4, -0.2) is 28.6 Å². The minimum Gasteiger partial charge on any atom is -0.466 e. The van der Waals surface area contributed by atoms with Gasteiger partial charge in [-0.2, -0.15) is 0 Å². The first kappa shape index (κ1) is 18.1. The Morgan fingerprint density at radius 1 is 1.00 bits per heavy atom. The number of nitrogens with zero attached hydrogens (tertiary/aromatic N) is 1. The largest absolute Gasteiger partial charge is 0.466 e. The minimum atomic E-state index is -0.646. The van der Waals surface area contributed by atoms with Gasteiger partial charge in [0.1, 0.15) is 17.2 Å². The summed E-state index contributed by atoms with van der Waals surface area (Å²) in [6.45, 7) is 1.47. The zero-order valence-electron chi connectivity index (χ0n) is 15.8. The number of carbonyl (C=O) groups excluding carboxylic acids is 2. The Morgan fingerprint density at radius 3 is 2.24 bits per heavy atom. The summed E-state index contributed by atoms with van der Waals surface area (Å²) in [5.41, 5.74) is 4.12. The van der Waals surface area contributed by atoms with Crippen LogP contribution in [0, 0.1) is 0 Å². The monoisotopic (exact) mass is 405 g/mol. The summed E-state index contributed by atoms with van der Waals surface area (Å²) >= 11 is 1.51. The number of rotatable bonds is 3. The first-order chi connectivity index (χ1) is 14.1. The number of amides is 1. The van der Waals surface area contributed by atoms with Crippen LogP contribution in [0.3, 0.4) is 0 Å². The van der Waals surface area contributed by atoms with Gasteiger partial charge in [0.2, 0.25) is 5.91 Å². The molecule has 0 radical (unpaired) electrons. The molecule has 6 heteroatoms. The predicted octanol–water partition coefficient (Wildman–Crippen LogP) is 4.56. The lowest BCUT2D eigenvalue weighted by Gasteiger charge is -2.27. The van der Waals surface area contributed by atoms with Gasteiger partial charge in [-0.05, 0) is 23.3 Å². The molecule has 2 aliphatic rings. The number of furan rings is 1. The second-order valence-electron chi connectivity index (χ2n) is 7.13. The number of esters is 1. The molecule has 1 fully saturated rings. The summed E-state index contributed by atoms with van der Waals surface area (Å²) in [4.78, 5) is 27.1. The molecule has 0 bridgehead atoms. The molecule has 1 aliphatic heterocycles. The average Bonchev–Trinajstić information content (AvgIpc) is 3.46. The van der Waals surface area contributed by atoms with Crippen LogP contribution in [0.1, 0.15) is 35.3 Å². The quantitative estimate of drug-likeness (QED) is 0.598. The van der Waals surface area contributed by atoms with Crippen LogP contribution < -0.4 is 0 Å². The third-order valence-electron chi connectivity index (χ3n) is 5.43. The summed E-state index contributed by atoms with van der Waals surface area (Å²) in [6.07, 6.45) is 1.11. The lowest BCUT2D eigenvalue weighted by molar-refractivity contribution is -0.156. The molecular weight excluding hydrogens is 386 g/mol. The van der Waals surface area contributed by atoms with Gasteiger partial charge in [-0.15, -0.1) is 11.8 Å². The van der Waals surface area contributed by atoms with Gasteiger partial charge in [0.25, 0.3) is 0 Å². The summed E-state index contributed by atoms with van der Waals surface area (Å²) in [5.74, 6) is 0.570. The second kappa shape index (κ2) is 7.12. The van der Waals surface area contributed by atoms with Gasteiger partial charge in [0.15, 0.2) is 6.10 Å². The third kappa shape index (κ3) is 2.95. The number of hydrogen-bond donors (Lipinski definition) is 0. The van der Waals surface area contributed by atoms with Gasteiger partial charge in [0, 0.05) is 23.8 Å². The highest BCUT2D eigenvalue weighted by molar-refractivity contribution is 7.99. The first-order valence-electron chi connectivity index (χ1n) is 9.48. The summed E-state index contributed by atoms with van der Waals surface area (Å²) < 4.78 is 11.5. The highest BCUT2D eigenvalue weighted by atomic mass is 32.2. The van der Waals surface area contributed by atoms with Gasteiger partial charge in [-0.25, -0.2) is 4.79 Å². The van der Waals surface area contributed by atoms with Crippen LogP contribution in [0.15, 0.2) is 71.3 Å². The van der Waals surface area contributed by atoms with Crippen LogP contribution in [0.2, 0.25) is 0 Å². The Labute approximate surface area is 172 Å². The lowest BCUT2D eigenvalue weighted by Crippen LogP contribution is -2.43. The summed E-state index contributed by atoms with van der Waals surface area (Å²) in [7, 11) is 0. The molecule has 146 valence electrons.